The third kappa shape index (κ3) is 3.29. The van der Waals surface area contributed by atoms with Crippen LogP contribution in [0.4, 0.5) is 4.39 Å². The number of carbonyl (C=O) groups is 1. The smallest absolute Gasteiger partial charge is 0.252 e. The summed E-state index contributed by atoms with van der Waals surface area (Å²) in [6.07, 6.45) is 0. The summed E-state index contributed by atoms with van der Waals surface area (Å²) in [4.78, 5) is 20.5. The number of hydrogen-bond donors (Lipinski definition) is 2. The number of methoxy groups -OCH3 is 1. The second kappa shape index (κ2) is 7.74. The molecule has 2 aromatic carbocycles. The molecule has 2 heterocycles. The molecule has 4 rings (SSSR count). The van der Waals surface area contributed by atoms with Crippen molar-refractivity contribution in [2.24, 2.45) is 5.73 Å². The Balaban J connectivity index is 2.02. The van der Waals surface area contributed by atoms with Crippen LogP contribution in [-0.2, 0) is 11.3 Å². The van der Waals surface area contributed by atoms with Gasteiger partial charge in [-0.15, -0.1) is 11.3 Å². The molecular formula is C20H17BrFN3O3S. The average molecular weight is 478 g/mol. The highest BCUT2D eigenvalue weighted by Gasteiger charge is 2.23. The summed E-state index contributed by atoms with van der Waals surface area (Å²) < 4.78 is 26.8. The lowest BCUT2D eigenvalue weighted by Crippen LogP contribution is -2.12. The molecule has 150 valence electrons. The van der Waals surface area contributed by atoms with Crippen molar-refractivity contribution in [2.75, 3.05) is 13.7 Å². The number of ether oxygens (including phenoxy) is 2. The quantitative estimate of drug-likeness (QED) is 0.409. The van der Waals surface area contributed by atoms with E-state index in [9.17, 15) is 9.18 Å². The Morgan fingerprint density at radius 2 is 2.14 bits per heavy atom. The number of hydrogen-bond acceptors (Lipinski definition) is 5. The molecule has 0 aliphatic heterocycles. The zero-order chi connectivity index (χ0) is 20.7. The Hall–Kier alpha value is -2.49. The van der Waals surface area contributed by atoms with Crippen LogP contribution >= 0.6 is 27.3 Å². The molecule has 0 aliphatic carbocycles. The highest BCUT2D eigenvalue weighted by atomic mass is 79.9. The summed E-state index contributed by atoms with van der Waals surface area (Å²) in [7, 11) is 1.46. The molecule has 0 saturated carbocycles. The SMILES string of the molecule is CCOCc1sc2c(F)ccc(Br)c2c1-c1nc2c(OC)c(C(N)=O)ccc2[nH]1. The van der Waals surface area contributed by atoms with Gasteiger partial charge in [0.2, 0.25) is 0 Å². The van der Waals surface area contributed by atoms with Crippen molar-refractivity contribution in [3.8, 4) is 17.1 Å². The molecule has 0 bridgehead atoms. The molecule has 0 saturated heterocycles. The first-order valence-corrected chi connectivity index (χ1v) is 10.4. The van der Waals surface area contributed by atoms with Gasteiger partial charge >= 0.3 is 0 Å². The van der Waals surface area contributed by atoms with E-state index in [0.29, 0.717) is 40.5 Å². The number of aromatic nitrogens is 2. The van der Waals surface area contributed by atoms with Gasteiger partial charge in [-0.2, -0.15) is 0 Å². The topological polar surface area (TPSA) is 90.2 Å². The van der Waals surface area contributed by atoms with Crippen molar-refractivity contribution >= 4 is 54.3 Å². The van der Waals surface area contributed by atoms with E-state index in [1.54, 1.807) is 18.2 Å². The second-order valence-corrected chi connectivity index (χ2v) is 8.22. The predicted octanol–water partition coefficient (Wildman–Crippen LogP) is 4.99. The normalized spacial score (nSPS) is 11.4. The molecule has 0 radical (unpaired) electrons. The van der Waals surface area contributed by atoms with Gasteiger partial charge in [-0.3, -0.25) is 4.79 Å². The van der Waals surface area contributed by atoms with E-state index >= 15 is 0 Å². The zero-order valence-electron chi connectivity index (χ0n) is 15.6. The Labute approximate surface area is 178 Å². The summed E-state index contributed by atoms with van der Waals surface area (Å²) in [5, 5.41) is 0.720. The van der Waals surface area contributed by atoms with Crippen LogP contribution in [-0.4, -0.2) is 29.6 Å². The fraction of sp³-hybridized carbons (Fsp3) is 0.200. The van der Waals surface area contributed by atoms with Crippen LogP contribution in [0.1, 0.15) is 22.2 Å². The van der Waals surface area contributed by atoms with Crippen LogP contribution in [0.3, 0.4) is 0 Å². The number of H-pyrrole nitrogens is 1. The molecule has 0 spiro atoms. The van der Waals surface area contributed by atoms with Crippen LogP contribution in [0.25, 0.3) is 32.5 Å². The molecule has 2 aromatic heterocycles. The third-order valence-electron chi connectivity index (χ3n) is 4.56. The Bertz CT molecular complexity index is 1250. The van der Waals surface area contributed by atoms with Crippen molar-refractivity contribution in [3.05, 3.63) is 45.0 Å². The Morgan fingerprint density at radius 1 is 1.34 bits per heavy atom. The number of nitrogens with two attached hydrogens (primary N) is 1. The Morgan fingerprint density at radius 3 is 2.83 bits per heavy atom. The van der Waals surface area contributed by atoms with Crippen molar-refractivity contribution in [1.82, 2.24) is 9.97 Å². The number of primary amides is 1. The maximum Gasteiger partial charge on any atom is 0.252 e. The van der Waals surface area contributed by atoms with Gasteiger partial charge in [0, 0.05) is 26.9 Å². The van der Waals surface area contributed by atoms with Crippen molar-refractivity contribution in [3.63, 3.8) is 0 Å². The maximum absolute atomic E-state index is 14.5. The summed E-state index contributed by atoms with van der Waals surface area (Å²) in [5.41, 5.74) is 7.61. The van der Waals surface area contributed by atoms with Gasteiger partial charge in [-0.25, -0.2) is 9.37 Å². The number of benzene rings is 2. The lowest BCUT2D eigenvalue weighted by Gasteiger charge is -2.05. The highest BCUT2D eigenvalue weighted by molar-refractivity contribution is 9.10. The fourth-order valence-corrected chi connectivity index (χ4v) is 5.12. The van der Waals surface area contributed by atoms with Gasteiger partial charge in [0.15, 0.2) is 5.75 Å². The van der Waals surface area contributed by atoms with Gasteiger partial charge in [-0.05, 0) is 31.2 Å². The largest absolute Gasteiger partial charge is 0.494 e. The first-order valence-electron chi connectivity index (χ1n) is 8.80. The molecule has 4 aromatic rings. The monoisotopic (exact) mass is 477 g/mol. The van der Waals surface area contributed by atoms with Gasteiger partial charge in [-0.1, -0.05) is 15.9 Å². The molecule has 1 amide bonds. The molecule has 3 N–H and O–H groups in total. The number of fused-ring (bicyclic) bond motifs is 2. The number of nitrogens with one attached hydrogen (secondary N) is 1. The van der Waals surface area contributed by atoms with Crippen molar-refractivity contribution < 1.29 is 18.7 Å². The molecular weight excluding hydrogens is 461 g/mol. The number of thiophene rings is 1. The van der Waals surface area contributed by atoms with Gasteiger partial charge in [0.25, 0.3) is 5.91 Å². The van der Waals surface area contributed by atoms with Crippen molar-refractivity contribution in [2.45, 2.75) is 13.5 Å². The molecule has 0 aliphatic rings. The van der Waals surface area contributed by atoms with Gasteiger partial charge < -0.3 is 20.2 Å². The number of aromatic amines is 1. The van der Waals surface area contributed by atoms with E-state index in [-0.39, 0.29) is 11.4 Å². The van der Waals surface area contributed by atoms with E-state index in [1.807, 2.05) is 6.92 Å². The number of rotatable bonds is 6. The minimum Gasteiger partial charge on any atom is -0.494 e. The lowest BCUT2D eigenvalue weighted by molar-refractivity contribution is 0.0997. The van der Waals surface area contributed by atoms with Crippen LogP contribution < -0.4 is 10.5 Å². The van der Waals surface area contributed by atoms with Crippen molar-refractivity contribution in [1.29, 1.82) is 0 Å². The van der Waals surface area contributed by atoms with E-state index in [0.717, 1.165) is 20.3 Å². The summed E-state index contributed by atoms with van der Waals surface area (Å²) in [6.45, 7) is 2.77. The van der Waals surface area contributed by atoms with E-state index in [2.05, 4.69) is 25.9 Å². The number of imidazole rings is 1. The molecule has 0 unspecified atom stereocenters. The summed E-state index contributed by atoms with van der Waals surface area (Å²) in [5.74, 6) is -0.0705. The number of carbonyl (C=O) groups excluding carboxylic acids is 1. The van der Waals surface area contributed by atoms with Gasteiger partial charge in [0.05, 0.1) is 29.5 Å². The summed E-state index contributed by atoms with van der Waals surface area (Å²) >= 11 is 4.87. The van der Waals surface area contributed by atoms with E-state index in [1.165, 1.54) is 24.5 Å². The Kier molecular flexibility index (Phi) is 5.28. The predicted molar refractivity (Wildman–Crippen MR) is 115 cm³/mol. The van der Waals surface area contributed by atoms with Crippen LogP contribution in [0.5, 0.6) is 5.75 Å². The molecule has 0 atom stereocenters. The van der Waals surface area contributed by atoms with Gasteiger partial charge in [0.1, 0.15) is 17.2 Å². The average Bonchev–Trinajstić information content (AvgIpc) is 3.29. The first-order chi connectivity index (χ1) is 14.0. The summed E-state index contributed by atoms with van der Waals surface area (Å²) in [6, 6.07) is 6.42. The van der Waals surface area contributed by atoms with E-state index < -0.39 is 5.91 Å². The number of nitrogens with zero attached hydrogens (tertiary/aromatic N) is 1. The van der Waals surface area contributed by atoms with Crippen LogP contribution in [0.15, 0.2) is 28.7 Å². The zero-order valence-corrected chi connectivity index (χ0v) is 18.0. The number of halogens is 2. The van der Waals surface area contributed by atoms with Crippen LogP contribution in [0.2, 0.25) is 0 Å². The molecule has 29 heavy (non-hydrogen) atoms. The molecule has 9 heteroatoms. The fourth-order valence-electron chi connectivity index (χ4n) is 3.30. The van der Waals surface area contributed by atoms with E-state index in [4.69, 9.17) is 15.2 Å². The number of amides is 1. The van der Waals surface area contributed by atoms with Crippen LogP contribution in [0, 0.1) is 5.82 Å². The highest BCUT2D eigenvalue weighted by Crippen LogP contribution is 2.44. The third-order valence-corrected chi connectivity index (χ3v) is 6.40. The first kappa shape index (κ1) is 19.8. The minimum absolute atomic E-state index is 0.245. The minimum atomic E-state index is -0.601. The lowest BCUT2D eigenvalue weighted by atomic mass is 10.1. The molecule has 0 fully saturated rings. The second-order valence-electron chi connectivity index (χ2n) is 6.26. The molecule has 6 nitrogen and oxygen atoms in total. The maximum atomic E-state index is 14.5. The standard InChI is InChI=1S/C20H17BrFN3O3S/c1-3-28-8-13-15(14-10(21)5-6-11(22)18(14)29-13)20-24-12-7-4-9(19(23)26)17(27-2)16(12)25-20/h4-7H,3,8H2,1-2H3,(H2,23,26)(H,24,25).